The Morgan fingerprint density at radius 3 is 2.81 bits per heavy atom. The average molecular weight is 219 g/mol. The zero-order valence-electron chi connectivity index (χ0n) is 9.11. The first kappa shape index (κ1) is 10.9. The average Bonchev–Trinajstić information content (AvgIpc) is 2.65. The van der Waals surface area contributed by atoms with Crippen molar-refractivity contribution in [2.75, 3.05) is 0 Å². The maximum atomic E-state index is 13.0. The summed E-state index contributed by atoms with van der Waals surface area (Å²) in [6, 6.07) is 8.25. The quantitative estimate of drug-likeness (QED) is 0.861. The fourth-order valence-corrected chi connectivity index (χ4v) is 1.69. The van der Waals surface area contributed by atoms with Crippen molar-refractivity contribution < 1.29 is 8.81 Å². The van der Waals surface area contributed by atoms with Crippen LogP contribution in [0.2, 0.25) is 0 Å². The molecule has 1 aromatic heterocycles. The van der Waals surface area contributed by atoms with E-state index in [-0.39, 0.29) is 11.9 Å². The molecule has 84 valence electrons. The SMILES string of the molecule is Cc1cc(C(N)Cc2cccc(F)c2)co1. The van der Waals surface area contributed by atoms with Gasteiger partial charge in [-0.1, -0.05) is 12.1 Å². The van der Waals surface area contributed by atoms with Gasteiger partial charge in [-0.2, -0.15) is 0 Å². The number of benzene rings is 1. The maximum absolute atomic E-state index is 13.0. The smallest absolute Gasteiger partial charge is 0.123 e. The van der Waals surface area contributed by atoms with Gasteiger partial charge in [-0.25, -0.2) is 4.39 Å². The first-order valence-electron chi connectivity index (χ1n) is 5.20. The first-order valence-corrected chi connectivity index (χ1v) is 5.20. The molecule has 0 aliphatic rings. The standard InChI is InChI=1S/C13H14FNO/c1-9-5-11(8-16-9)13(15)7-10-3-2-4-12(14)6-10/h2-6,8,13H,7,15H2,1H3. The Labute approximate surface area is 93.9 Å². The predicted octanol–water partition coefficient (Wildman–Crippen LogP) is 2.97. The van der Waals surface area contributed by atoms with Crippen LogP contribution >= 0.6 is 0 Å². The fraction of sp³-hybridized carbons (Fsp3) is 0.231. The summed E-state index contributed by atoms with van der Waals surface area (Å²) < 4.78 is 18.2. The highest BCUT2D eigenvalue weighted by atomic mass is 19.1. The summed E-state index contributed by atoms with van der Waals surface area (Å²) in [7, 11) is 0. The van der Waals surface area contributed by atoms with Crippen LogP contribution in [0, 0.1) is 12.7 Å². The molecule has 0 spiro atoms. The van der Waals surface area contributed by atoms with Crippen LogP contribution in [0.1, 0.15) is 22.9 Å². The molecule has 1 atom stereocenters. The Bertz CT molecular complexity index is 478. The highest BCUT2D eigenvalue weighted by Crippen LogP contribution is 2.18. The van der Waals surface area contributed by atoms with Gasteiger partial charge in [0.15, 0.2) is 0 Å². The van der Waals surface area contributed by atoms with Crippen molar-refractivity contribution in [3.63, 3.8) is 0 Å². The largest absolute Gasteiger partial charge is 0.469 e. The van der Waals surface area contributed by atoms with Gasteiger partial charge in [0.2, 0.25) is 0 Å². The molecule has 3 heteroatoms. The van der Waals surface area contributed by atoms with E-state index >= 15 is 0 Å². The zero-order valence-corrected chi connectivity index (χ0v) is 9.11. The monoisotopic (exact) mass is 219 g/mol. The molecule has 0 radical (unpaired) electrons. The van der Waals surface area contributed by atoms with Crippen LogP contribution in [0.3, 0.4) is 0 Å². The molecule has 0 amide bonds. The van der Waals surface area contributed by atoms with Crippen LogP contribution in [0.4, 0.5) is 4.39 Å². The molecule has 2 N–H and O–H groups in total. The van der Waals surface area contributed by atoms with Gasteiger partial charge in [-0.15, -0.1) is 0 Å². The number of hydrogen-bond donors (Lipinski definition) is 1. The van der Waals surface area contributed by atoms with E-state index in [1.807, 2.05) is 19.1 Å². The molecule has 0 saturated carbocycles. The number of aryl methyl sites for hydroxylation is 1. The van der Waals surface area contributed by atoms with Crippen LogP contribution in [-0.2, 0) is 6.42 Å². The van der Waals surface area contributed by atoms with Gasteiger partial charge in [0.1, 0.15) is 11.6 Å². The lowest BCUT2D eigenvalue weighted by atomic mass is 10.0. The van der Waals surface area contributed by atoms with Crippen LogP contribution < -0.4 is 5.73 Å². The Morgan fingerprint density at radius 1 is 1.38 bits per heavy atom. The molecular formula is C13H14FNO. The van der Waals surface area contributed by atoms with Crippen LogP contribution in [-0.4, -0.2) is 0 Å². The van der Waals surface area contributed by atoms with Crippen molar-refractivity contribution in [2.24, 2.45) is 5.73 Å². The van der Waals surface area contributed by atoms with Gasteiger partial charge in [0.05, 0.1) is 6.26 Å². The summed E-state index contributed by atoms with van der Waals surface area (Å²) in [4.78, 5) is 0. The molecule has 0 bridgehead atoms. The predicted molar refractivity (Wildman–Crippen MR) is 60.5 cm³/mol. The minimum absolute atomic E-state index is 0.153. The molecule has 0 fully saturated rings. The summed E-state index contributed by atoms with van der Waals surface area (Å²) >= 11 is 0. The fourth-order valence-electron chi connectivity index (χ4n) is 1.69. The summed E-state index contributed by atoms with van der Waals surface area (Å²) in [5.74, 6) is 0.609. The topological polar surface area (TPSA) is 39.2 Å². The number of furan rings is 1. The van der Waals surface area contributed by atoms with Gasteiger partial charge in [-0.05, 0) is 37.1 Å². The lowest BCUT2D eigenvalue weighted by Gasteiger charge is -2.09. The Balaban J connectivity index is 2.10. The molecule has 2 rings (SSSR count). The summed E-state index contributed by atoms with van der Waals surface area (Å²) in [6.45, 7) is 1.87. The second-order valence-corrected chi connectivity index (χ2v) is 3.93. The third-order valence-electron chi connectivity index (χ3n) is 2.52. The Kier molecular flexibility index (Phi) is 3.06. The summed E-state index contributed by atoms with van der Waals surface area (Å²) in [6.07, 6.45) is 2.26. The van der Waals surface area contributed by atoms with Crippen molar-refractivity contribution >= 4 is 0 Å². The van der Waals surface area contributed by atoms with Gasteiger partial charge in [0, 0.05) is 11.6 Å². The molecule has 1 unspecified atom stereocenters. The molecule has 1 aromatic carbocycles. The number of halogens is 1. The van der Waals surface area contributed by atoms with Crippen molar-refractivity contribution in [3.05, 3.63) is 59.3 Å². The summed E-state index contributed by atoms with van der Waals surface area (Å²) in [5, 5.41) is 0. The molecule has 16 heavy (non-hydrogen) atoms. The summed E-state index contributed by atoms with van der Waals surface area (Å²) in [5.41, 5.74) is 7.85. The highest BCUT2D eigenvalue weighted by molar-refractivity contribution is 5.22. The molecule has 0 saturated heterocycles. The van der Waals surface area contributed by atoms with E-state index in [9.17, 15) is 4.39 Å². The van der Waals surface area contributed by atoms with Crippen LogP contribution in [0.5, 0.6) is 0 Å². The molecule has 1 heterocycles. The molecule has 0 aliphatic heterocycles. The van der Waals surface area contributed by atoms with E-state index in [4.69, 9.17) is 10.2 Å². The third kappa shape index (κ3) is 2.49. The van der Waals surface area contributed by atoms with Crippen LogP contribution in [0.25, 0.3) is 0 Å². The Hall–Kier alpha value is -1.61. The lowest BCUT2D eigenvalue weighted by Crippen LogP contribution is -2.12. The number of rotatable bonds is 3. The van der Waals surface area contributed by atoms with Crippen molar-refractivity contribution in [1.82, 2.24) is 0 Å². The van der Waals surface area contributed by atoms with E-state index in [2.05, 4.69) is 0 Å². The molecule has 0 aliphatic carbocycles. The number of hydrogen-bond acceptors (Lipinski definition) is 2. The number of nitrogens with two attached hydrogens (primary N) is 1. The highest BCUT2D eigenvalue weighted by Gasteiger charge is 2.09. The minimum Gasteiger partial charge on any atom is -0.469 e. The van der Waals surface area contributed by atoms with Gasteiger partial charge < -0.3 is 10.2 Å². The molecule has 2 nitrogen and oxygen atoms in total. The molecule has 2 aromatic rings. The van der Waals surface area contributed by atoms with Crippen LogP contribution in [0.15, 0.2) is 41.0 Å². The maximum Gasteiger partial charge on any atom is 0.123 e. The van der Waals surface area contributed by atoms with Crippen molar-refractivity contribution in [2.45, 2.75) is 19.4 Å². The van der Waals surface area contributed by atoms with E-state index in [0.29, 0.717) is 6.42 Å². The van der Waals surface area contributed by atoms with E-state index in [0.717, 1.165) is 16.9 Å². The second kappa shape index (κ2) is 4.49. The normalized spacial score (nSPS) is 12.7. The lowest BCUT2D eigenvalue weighted by molar-refractivity contribution is 0.528. The first-order chi connectivity index (χ1) is 7.65. The minimum atomic E-state index is -0.229. The van der Waals surface area contributed by atoms with Gasteiger partial charge in [0.25, 0.3) is 0 Å². The van der Waals surface area contributed by atoms with Crippen molar-refractivity contribution in [1.29, 1.82) is 0 Å². The zero-order chi connectivity index (χ0) is 11.5. The Morgan fingerprint density at radius 2 is 2.19 bits per heavy atom. The van der Waals surface area contributed by atoms with Gasteiger partial charge >= 0.3 is 0 Å². The van der Waals surface area contributed by atoms with E-state index in [1.165, 1.54) is 12.1 Å². The van der Waals surface area contributed by atoms with E-state index < -0.39 is 0 Å². The third-order valence-corrected chi connectivity index (χ3v) is 2.52. The second-order valence-electron chi connectivity index (χ2n) is 3.93. The van der Waals surface area contributed by atoms with Gasteiger partial charge in [-0.3, -0.25) is 0 Å². The molecular weight excluding hydrogens is 205 g/mol. The van der Waals surface area contributed by atoms with Crippen molar-refractivity contribution in [3.8, 4) is 0 Å². The van der Waals surface area contributed by atoms with E-state index in [1.54, 1.807) is 12.3 Å².